The van der Waals surface area contributed by atoms with Gasteiger partial charge in [-0.25, -0.2) is 0 Å². The Bertz CT molecular complexity index is 522. The Morgan fingerprint density at radius 2 is 1.75 bits per heavy atom. The molecule has 0 aliphatic rings. The highest BCUT2D eigenvalue weighted by molar-refractivity contribution is 5.89. The summed E-state index contributed by atoms with van der Waals surface area (Å²) in [5.41, 5.74) is 2.57. The molecule has 0 amide bonds. The van der Waals surface area contributed by atoms with Crippen molar-refractivity contribution < 1.29 is 0 Å². The first-order valence-electron chi connectivity index (χ1n) is 4.97. The summed E-state index contributed by atoms with van der Waals surface area (Å²) in [6.07, 6.45) is 5.29. The van der Waals surface area contributed by atoms with Crippen LogP contribution in [0.15, 0.2) is 54.9 Å². The molecule has 0 saturated heterocycles. The predicted molar refractivity (Wildman–Crippen MR) is 64.2 cm³/mol. The van der Waals surface area contributed by atoms with E-state index in [0.29, 0.717) is 5.57 Å². The highest BCUT2D eigenvalue weighted by atomic mass is 14.6. The van der Waals surface area contributed by atoms with Crippen LogP contribution < -0.4 is 0 Å². The summed E-state index contributed by atoms with van der Waals surface area (Å²) in [4.78, 5) is 3.94. The van der Waals surface area contributed by atoms with Gasteiger partial charge in [-0.1, -0.05) is 30.3 Å². The van der Waals surface area contributed by atoms with Gasteiger partial charge in [0.05, 0.1) is 11.6 Å². The molecule has 0 bridgehead atoms. The monoisotopic (exact) mass is 206 g/mol. The van der Waals surface area contributed by atoms with E-state index in [1.807, 2.05) is 48.5 Å². The Hall–Kier alpha value is -2.40. The number of rotatable bonds is 2. The molecule has 2 aromatic rings. The number of nitrogens with zero attached hydrogens (tertiary/aromatic N) is 2. The lowest BCUT2D eigenvalue weighted by atomic mass is 10.0. The summed E-state index contributed by atoms with van der Waals surface area (Å²) in [5.74, 6) is 0. The van der Waals surface area contributed by atoms with E-state index in [9.17, 15) is 0 Å². The van der Waals surface area contributed by atoms with Crippen LogP contribution >= 0.6 is 0 Å². The highest BCUT2D eigenvalue weighted by Gasteiger charge is 1.98. The number of hydrogen-bond acceptors (Lipinski definition) is 2. The molecule has 0 aliphatic heterocycles. The van der Waals surface area contributed by atoms with E-state index in [-0.39, 0.29) is 0 Å². The molecule has 76 valence electrons. The normalized spacial score (nSPS) is 10.8. The lowest BCUT2D eigenvalue weighted by molar-refractivity contribution is 1.32. The Morgan fingerprint density at radius 3 is 2.38 bits per heavy atom. The fraction of sp³-hybridized carbons (Fsp3) is 0. The van der Waals surface area contributed by atoms with Crippen molar-refractivity contribution in [2.45, 2.75) is 0 Å². The van der Waals surface area contributed by atoms with Crippen LogP contribution in [0.4, 0.5) is 0 Å². The minimum absolute atomic E-state index is 0.659. The lowest BCUT2D eigenvalue weighted by Gasteiger charge is -1.98. The molecule has 2 heteroatoms. The molecule has 2 rings (SSSR count). The molecule has 0 N–H and O–H groups in total. The SMILES string of the molecule is N#C/C(=C\c1ccncc1)c1ccccc1. The van der Waals surface area contributed by atoms with Gasteiger partial charge in [0.2, 0.25) is 0 Å². The van der Waals surface area contributed by atoms with Crippen molar-refractivity contribution in [1.82, 2.24) is 4.98 Å². The van der Waals surface area contributed by atoms with E-state index in [0.717, 1.165) is 11.1 Å². The zero-order valence-corrected chi connectivity index (χ0v) is 8.67. The van der Waals surface area contributed by atoms with Crippen molar-refractivity contribution in [3.05, 3.63) is 66.0 Å². The van der Waals surface area contributed by atoms with Crippen LogP contribution in [0.1, 0.15) is 11.1 Å². The van der Waals surface area contributed by atoms with Gasteiger partial charge in [0, 0.05) is 12.4 Å². The third-order valence-corrected chi connectivity index (χ3v) is 2.22. The van der Waals surface area contributed by atoms with Crippen molar-refractivity contribution in [2.24, 2.45) is 0 Å². The third-order valence-electron chi connectivity index (χ3n) is 2.22. The minimum Gasteiger partial charge on any atom is -0.265 e. The molecular weight excluding hydrogens is 196 g/mol. The molecule has 0 spiro atoms. The fourth-order valence-electron chi connectivity index (χ4n) is 1.42. The van der Waals surface area contributed by atoms with E-state index in [1.54, 1.807) is 12.4 Å². The van der Waals surface area contributed by atoms with Gasteiger partial charge in [-0.3, -0.25) is 4.98 Å². The van der Waals surface area contributed by atoms with Crippen molar-refractivity contribution in [3.63, 3.8) is 0 Å². The van der Waals surface area contributed by atoms with Gasteiger partial charge in [-0.2, -0.15) is 5.26 Å². The molecule has 1 heterocycles. The van der Waals surface area contributed by atoms with Crippen LogP contribution in [0.3, 0.4) is 0 Å². The van der Waals surface area contributed by atoms with Crippen LogP contribution in [0.5, 0.6) is 0 Å². The fourth-order valence-corrected chi connectivity index (χ4v) is 1.42. The Kier molecular flexibility index (Phi) is 3.10. The Balaban J connectivity index is 2.39. The number of allylic oxidation sites excluding steroid dienone is 1. The van der Waals surface area contributed by atoms with Crippen LogP contribution in [-0.2, 0) is 0 Å². The second kappa shape index (κ2) is 4.90. The first-order valence-corrected chi connectivity index (χ1v) is 4.97. The molecule has 0 atom stereocenters. The molecule has 0 unspecified atom stereocenters. The van der Waals surface area contributed by atoms with E-state index in [1.165, 1.54) is 0 Å². The summed E-state index contributed by atoms with van der Waals surface area (Å²) in [6.45, 7) is 0. The number of benzene rings is 1. The smallest absolute Gasteiger partial charge is 0.0998 e. The van der Waals surface area contributed by atoms with Gasteiger partial charge in [0.25, 0.3) is 0 Å². The zero-order valence-electron chi connectivity index (χ0n) is 8.67. The van der Waals surface area contributed by atoms with Crippen molar-refractivity contribution >= 4 is 11.6 Å². The number of aromatic nitrogens is 1. The standard InChI is InChI=1S/C14H10N2/c15-11-14(13-4-2-1-3-5-13)10-12-6-8-16-9-7-12/h1-10H/b14-10+. The number of pyridine rings is 1. The highest BCUT2D eigenvalue weighted by Crippen LogP contribution is 2.16. The molecule has 1 aromatic heterocycles. The summed E-state index contributed by atoms with van der Waals surface area (Å²) in [6, 6.07) is 15.6. The van der Waals surface area contributed by atoms with E-state index < -0.39 is 0 Å². The molecule has 0 radical (unpaired) electrons. The van der Waals surface area contributed by atoms with E-state index in [2.05, 4.69) is 11.1 Å². The second-order valence-corrected chi connectivity index (χ2v) is 3.32. The van der Waals surface area contributed by atoms with Gasteiger partial charge in [0.15, 0.2) is 0 Å². The average molecular weight is 206 g/mol. The van der Waals surface area contributed by atoms with E-state index >= 15 is 0 Å². The molecular formula is C14H10N2. The first-order chi connectivity index (χ1) is 7.90. The minimum atomic E-state index is 0.659. The topological polar surface area (TPSA) is 36.7 Å². The van der Waals surface area contributed by atoms with Gasteiger partial charge in [0.1, 0.15) is 0 Å². The maximum Gasteiger partial charge on any atom is 0.0998 e. The quantitative estimate of drug-likeness (QED) is 0.708. The molecule has 0 fully saturated rings. The average Bonchev–Trinajstić information content (AvgIpc) is 2.38. The Morgan fingerprint density at radius 1 is 1.06 bits per heavy atom. The lowest BCUT2D eigenvalue weighted by Crippen LogP contribution is -1.81. The van der Waals surface area contributed by atoms with Gasteiger partial charge in [-0.15, -0.1) is 0 Å². The second-order valence-electron chi connectivity index (χ2n) is 3.32. The summed E-state index contributed by atoms with van der Waals surface area (Å²) >= 11 is 0. The maximum absolute atomic E-state index is 9.11. The summed E-state index contributed by atoms with van der Waals surface area (Å²) in [5, 5.41) is 9.11. The predicted octanol–water partition coefficient (Wildman–Crippen LogP) is 3.15. The summed E-state index contributed by atoms with van der Waals surface area (Å²) < 4.78 is 0. The van der Waals surface area contributed by atoms with Crippen LogP contribution in [0, 0.1) is 11.3 Å². The van der Waals surface area contributed by atoms with Crippen molar-refractivity contribution in [2.75, 3.05) is 0 Å². The molecule has 1 aromatic carbocycles. The third kappa shape index (κ3) is 2.34. The van der Waals surface area contributed by atoms with Crippen LogP contribution in [0.2, 0.25) is 0 Å². The molecule has 16 heavy (non-hydrogen) atoms. The molecule has 2 nitrogen and oxygen atoms in total. The largest absolute Gasteiger partial charge is 0.265 e. The maximum atomic E-state index is 9.11. The van der Waals surface area contributed by atoms with Crippen LogP contribution in [0.25, 0.3) is 11.6 Å². The number of nitriles is 1. The van der Waals surface area contributed by atoms with Crippen molar-refractivity contribution in [3.8, 4) is 6.07 Å². The van der Waals surface area contributed by atoms with Gasteiger partial charge >= 0.3 is 0 Å². The van der Waals surface area contributed by atoms with Gasteiger partial charge < -0.3 is 0 Å². The molecule has 0 aliphatic carbocycles. The first kappa shape index (κ1) is 10.1. The van der Waals surface area contributed by atoms with Crippen molar-refractivity contribution in [1.29, 1.82) is 5.26 Å². The van der Waals surface area contributed by atoms with Crippen LogP contribution in [-0.4, -0.2) is 4.98 Å². The van der Waals surface area contributed by atoms with E-state index in [4.69, 9.17) is 5.26 Å². The van der Waals surface area contributed by atoms with Gasteiger partial charge in [-0.05, 0) is 29.3 Å². The zero-order chi connectivity index (χ0) is 11.2. The number of hydrogen-bond donors (Lipinski definition) is 0. The summed E-state index contributed by atoms with van der Waals surface area (Å²) in [7, 11) is 0. The molecule has 0 saturated carbocycles. The Labute approximate surface area is 94.5 Å².